The van der Waals surface area contributed by atoms with Crippen LogP contribution in [-0.4, -0.2) is 41.5 Å². The molecule has 3 N–H and O–H groups in total. The van der Waals surface area contributed by atoms with Crippen molar-refractivity contribution in [2.24, 2.45) is 0 Å². The first-order valence-corrected chi connectivity index (χ1v) is 8.28. The molecular formula is C19H19N5O3. The van der Waals surface area contributed by atoms with E-state index in [0.29, 0.717) is 23.1 Å². The number of methoxy groups -OCH3 is 3. The molecule has 8 nitrogen and oxygen atoms in total. The molecule has 27 heavy (non-hydrogen) atoms. The molecule has 0 spiro atoms. The highest BCUT2D eigenvalue weighted by Crippen LogP contribution is 2.40. The number of benzene rings is 1. The van der Waals surface area contributed by atoms with Crippen molar-refractivity contribution in [3.63, 3.8) is 0 Å². The molecule has 3 heterocycles. The van der Waals surface area contributed by atoms with Crippen LogP contribution in [0, 0.1) is 0 Å². The summed E-state index contributed by atoms with van der Waals surface area (Å²) in [6.45, 7) is 0. The lowest BCUT2D eigenvalue weighted by Crippen LogP contribution is -1.98. The number of fused-ring (bicyclic) bond motifs is 1. The van der Waals surface area contributed by atoms with Crippen molar-refractivity contribution in [2.75, 3.05) is 26.6 Å². The highest BCUT2D eigenvalue weighted by atomic mass is 16.5. The average molecular weight is 365 g/mol. The summed E-state index contributed by atoms with van der Waals surface area (Å²) in [6, 6.07) is 9.53. The number of aromatic nitrogens is 4. The molecule has 0 saturated carbocycles. The second-order valence-corrected chi connectivity index (χ2v) is 5.80. The number of pyridine rings is 1. The molecule has 0 aliphatic carbocycles. The van der Waals surface area contributed by atoms with Gasteiger partial charge in [-0.25, -0.2) is 4.98 Å². The van der Waals surface area contributed by atoms with Crippen molar-refractivity contribution in [3.8, 4) is 28.5 Å². The molecule has 0 atom stereocenters. The minimum atomic E-state index is 0.542. The van der Waals surface area contributed by atoms with Gasteiger partial charge in [-0.1, -0.05) is 0 Å². The van der Waals surface area contributed by atoms with Gasteiger partial charge in [0.15, 0.2) is 17.3 Å². The Kier molecular flexibility index (Phi) is 4.29. The number of hydrogen-bond acceptors (Lipinski definition) is 6. The Bertz CT molecular complexity index is 1060. The van der Waals surface area contributed by atoms with E-state index in [4.69, 9.17) is 14.2 Å². The van der Waals surface area contributed by atoms with E-state index >= 15 is 0 Å². The smallest absolute Gasteiger partial charge is 0.203 e. The first-order chi connectivity index (χ1) is 13.2. The monoisotopic (exact) mass is 365 g/mol. The van der Waals surface area contributed by atoms with E-state index in [9.17, 15) is 0 Å². The lowest BCUT2D eigenvalue weighted by Gasteiger charge is -2.14. The van der Waals surface area contributed by atoms with Crippen LogP contribution in [0.25, 0.3) is 22.3 Å². The van der Waals surface area contributed by atoms with Crippen LogP contribution < -0.4 is 19.5 Å². The molecule has 0 aliphatic rings. The predicted molar refractivity (Wildman–Crippen MR) is 103 cm³/mol. The summed E-state index contributed by atoms with van der Waals surface area (Å²) in [4.78, 5) is 7.42. The summed E-state index contributed by atoms with van der Waals surface area (Å²) < 4.78 is 16.1. The predicted octanol–water partition coefficient (Wildman–Crippen LogP) is 3.72. The molecule has 0 unspecified atom stereocenters. The SMILES string of the molecule is COc1cc(Nc2cc(-c3ccnc4[nH]ccc34)[nH]n2)cc(OC)c1OC. The van der Waals surface area contributed by atoms with Crippen LogP contribution >= 0.6 is 0 Å². The molecule has 3 aromatic heterocycles. The number of anilines is 2. The Morgan fingerprint density at radius 3 is 2.44 bits per heavy atom. The topological polar surface area (TPSA) is 97.1 Å². The van der Waals surface area contributed by atoms with Crippen LogP contribution in [0.2, 0.25) is 0 Å². The van der Waals surface area contributed by atoms with Gasteiger partial charge in [-0.2, -0.15) is 5.10 Å². The van der Waals surface area contributed by atoms with Crippen LogP contribution in [-0.2, 0) is 0 Å². The fraction of sp³-hybridized carbons (Fsp3) is 0.158. The summed E-state index contributed by atoms with van der Waals surface area (Å²) in [6.07, 6.45) is 3.63. The molecule has 0 amide bonds. The summed E-state index contributed by atoms with van der Waals surface area (Å²) in [5.41, 5.74) is 3.51. The van der Waals surface area contributed by atoms with Crippen molar-refractivity contribution in [1.29, 1.82) is 0 Å². The van der Waals surface area contributed by atoms with Gasteiger partial charge >= 0.3 is 0 Å². The van der Waals surface area contributed by atoms with Crippen molar-refractivity contribution in [3.05, 3.63) is 42.7 Å². The normalized spacial score (nSPS) is 10.8. The van der Waals surface area contributed by atoms with E-state index in [1.54, 1.807) is 27.5 Å². The highest BCUT2D eigenvalue weighted by Gasteiger charge is 2.14. The summed E-state index contributed by atoms with van der Waals surface area (Å²) >= 11 is 0. The molecule has 4 aromatic rings. The lowest BCUT2D eigenvalue weighted by atomic mass is 10.1. The Labute approximate surface area is 155 Å². The molecule has 4 rings (SSSR count). The molecule has 1 aromatic carbocycles. The van der Waals surface area contributed by atoms with E-state index in [1.165, 1.54) is 0 Å². The van der Waals surface area contributed by atoms with E-state index in [1.807, 2.05) is 36.5 Å². The van der Waals surface area contributed by atoms with Gasteiger partial charge in [-0.05, 0) is 12.1 Å². The van der Waals surface area contributed by atoms with Crippen molar-refractivity contribution in [1.82, 2.24) is 20.2 Å². The Morgan fingerprint density at radius 2 is 1.74 bits per heavy atom. The number of nitrogens with one attached hydrogen (secondary N) is 3. The van der Waals surface area contributed by atoms with Crippen molar-refractivity contribution >= 4 is 22.5 Å². The van der Waals surface area contributed by atoms with Crippen LogP contribution in [0.15, 0.2) is 42.7 Å². The van der Waals surface area contributed by atoms with Gasteiger partial charge in [0.05, 0.1) is 27.0 Å². The zero-order valence-corrected chi connectivity index (χ0v) is 15.2. The van der Waals surface area contributed by atoms with E-state index in [2.05, 4.69) is 25.5 Å². The number of hydrogen-bond donors (Lipinski definition) is 3. The van der Waals surface area contributed by atoms with Gasteiger partial charge in [0, 0.05) is 47.2 Å². The van der Waals surface area contributed by atoms with Crippen LogP contribution in [0.4, 0.5) is 11.5 Å². The summed E-state index contributed by atoms with van der Waals surface area (Å²) in [5, 5.41) is 11.7. The molecule has 0 bridgehead atoms. The Morgan fingerprint density at radius 1 is 0.963 bits per heavy atom. The maximum Gasteiger partial charge on any atom is 0.203 e. The third-order valence-electron chi connectivity index (χ3n) is 4.27. The quantitative estimate of drug-likeness (QED) is 0.482. The number of rotatable bonds is 6. The standard InChI is InChI=1S/C19H19N5O3/c1-25-15-8-11(9-16(26-2)18(15)27-3)22-17-10-14(23-24-17)12-4-6-20-19-13(12)5-7-21-19/h4-10H,1-3H3,(H,20,21)(H2,22,23,24). The van der Waals surface area contributed by atoms with Crippen LogP contribution in [0.5, 0.6) is 17.2 Å². The third kappa shape index (κ3) is 3.01. The van der Waals surface area contributed by atoms with E-state index < -0.39 is 0 Å². The Hall–Kier alpha value is -3.68. The number of nitrogens with zero attached hydrogens (tertiary/aromatic N) is 2. The first kappa shape index (κ1) is 16.8. The Balaban J connectivity index is 1.66. The van der Waals surface area contributed by atoms with Crippen molar-refractivity contribution < 1.29 is 14.2 Å². The van der Waals surface area contributed by atoms with Gasteiger partial charge in [0.25, 0.3) is 0 Å². The van der Waals surface area contributed by atoms with Crippen molar-refractivity contribution in [2.45, 2.75) is 0 Å². The molecule has 138 valence electrons. The van der Waals surface area contributed by atoms with Crippen LogP contribution in [0.3, 0.4) is 0 Å². The van der Waals surface area contributed by atoms with E-state index in [0.717, 1.165) is 28.0 Å². The average Bonchev–Trinajstić information content (AvgIpc) is 3.36. The minimum absolute atomic E-state index is 0.542. The first-order valence-electron chi connectivity index (χ1n) is 8.28. The van der Waals surface area contributed by atoms with Gasteiger partial charge in [-0.3, -0.25) is 5.10 Å². The maximum atomic E-state index is 5.39. The lowest BCUT2D eigenvalue weighted by molar-refractivity contribution is 0.324. The molecule has 0 saturated heterocycles. The molecule has 0 fully saturated rings. The number of aromatic amines is 2. The van der Waals surface area contributed by atoms with Crippen LogP contribution in [0.1, 0.15) is 0 Å². The number of H-pyrrole nitrogens is 2. The second-order valence-electron chi connectivity index (χ2n) is 5.80. The summed E-state index contributed by atoms with van der Waals surface area (Å²) in [7, 11) is 4.74. The van der Waals surface area contributed by atoms with E-state index in [-0.39, 0.29) is 0 Å². The van der Waals surface area contributed by atoms with Gasteiger partial charge in [-0.15, -0.1) is 0 Å². The summed E-state index contributed by atoms with van der Waals surface area (Å²) in [5.74, 6) is 2.34. The number of ether oxygens (including phenoxy) is 3. The fourth-order valence-electron chi connectivity index (χ4n) is 3.02. The molecule has 0 aliphatic heterocycles. The zero-order chi connectivity index (χ0) is 18.8. The zero-order valence-electron chi connectivity index (χ0n) is 15.2. The largest absolute Gasteiger partial charge is 0.493 e. The highest BCUT2D eigenvalue weighted by molar-refractivity contribution is 5.92. The van der Waals surface area contributed by atoms with Gasteiger partial charge in [0.1, 0.15) is 5.65 Å². The van der Waals surface area contributed by atoms with Gasteiger partial charge in [0.2, 0.25) is 5.75 Å². The molecule has 0 radical (unpaired) electrons. The maximum absolute atomic E-state index is 5.39. The fourth-order valence-corrected chi connectivity index (χ4v) is 3.02. The third-order valence-corrected chi connectivity index (χ3v) is 4.27. The van der Waals surface area contributed by atoms with Gasteiger partial charge < -0.3 is 24.5 Å². The minimum Gasteiger partial charge on any atom is -0.493 e. The molecular weight excluding hydrogens is 346 g/mol. The second kappa shape index (κ2) is 6.91. The molecule has 8 heteroatoms.